The molecule has 0 saturated carbocycles. The number of fused-ring (bicyclic) bond motifs is 2. The molecule has 1 aliphatic rings. The van der Waals surface area contributed by atoms with Crippen molar-refractivity contribution >= 4 is 28.0 Å². The molecule has 1 saturated heterocycles. The topological polar surface area (TPSA) is 99.1 Å². The number of likely N-dealkylation sites (tertiary alicyclic amines) is 1. The van der Waals surface area contributed by atoms with Gasteiger partial charge in [0.05, 0.1) is 33.5 Å². The van der Waals surface area contributed by atoms with Crippen LogP contribution in [-0.2, 0) is 6.54 Å². The first-order valence-corrected chi connectivity index (χ1v) is 17.4. The number of aromatic amines is 1. The summed E-state index contributed by atoms with van der Waals surface area (Å²) in [5.74, 6) is -0.115. The summed E-state index contributed by atoms with van der Waals surface area (Å²) in [7, 11) is 4.09. The first kappa shape index (κ1) is 33.4. The summed E-state index contributed by atoms with van der Waals surface area (Å²) in [6.07, 6.45) is 1.86. The van der Waals surface area contributed by atoms with Crippen LogP contribution in [0.5, 0.6) is 0 Å². The van der Waals surface area contributed by atoms with Crippen molar-refractivity contribution in [3.05, 3.63) is 119 Å². The van der Waals surface area contributed by atoms with Crippen LogP contribution in [0.2, 0.25) is 0 Å². The fourth-order valence-corrected chi connectivity index (χ4v) is 7.33. The Hall–Kier alpha value is -5.12. The predicted octanol–water partition coefficient (Wildman–Crippen LogP) is 6.76. The maximum Gasteiger partial charge on any atom is 0.326 e. The van der Waals surface area contributed by atoms with Crippen LogP contribution in [0.1, 0.15) is 48.7 Å². The molecule has 2 N–H and O–H groups in total. The van der Waals surface area contributed by atoms with E-state index in [9.17, 15) is 9.59 Å². The number of para-hydroxylation sites is 2. The van der Waals surface area contributed by atoms with Crippen LogP contribution in [0.25, 0.3) is 44.6 Å². The summed E-state index contributed by atoms with van der Waals surface area (Å²) in [6.45, 7) is 8.44. The average Bonchev–Trinajstić information content (AvgIpc) is 3.46. The second kappa shape index (κ2) is 14.0. The van der Waals surface area contributed by atoms with Gasteiger partial charge in [-0.05, 0) is 68.2 Å². The van der Waals surface area contributed by atoms with Gasteiger partial charge in [-0.1, -0.05) is 80.6 Å². The van der Waals surface area contributed by atoms with Gasteiger partial charge in [0.1, 0.15) is 0 Å². The van der Waals surface area contributed by atoms with Crippen LogP contribution in [0.4, 0.5) is 0 Å². The monoisotopic (exact) mass is 667 g/mol. The minimum absolute atomic E-state index is 0.0222. The fourth-order valence-electron chi connectivity index (χ4n) is 7.33. The number of carbonyl (C=O) groups excluding carboxylic acids is 1. The number of aromatic nitrogens is 4. The van der Waals surface area contributed by atoms with Crippen LogP contribution in [0.15, 0.2) is 102 Å². The molecule has 9 nitrogen and oxygen atoms in total. The summed E-state index contributed by atoms with van der Waals surface area (Å²) in [5.41, 5.74) is 8.57. The highest BCUT2D eigenvalue weighted by molar-refractivity contribution is 5.98. The lowest BCUT2D eigenvalue weighted by Crippen LogP contribution is -2.39. The SMILES string of the molecule is CN(C)CC(C)(C)CNC(=O)c1ccc2nc(-c3ccccc3)c(-c3ccc(CN4CCC(n5c(=O)[nH]c6ccccc65)CC4)cc3)nc2c1. The number of amides is 1. The zero-order valence-electron chi connectivity index (χ0n) is 29.3. The van der Waals surface area contributed by atoms with Crippen LogP contribution in [0.3, 0.4) is 0 Å². The number of piperidine rings is 1. The molecule has 0 bridgehead atoms. The highest BCUT2D eigenvalue weighted by atomic mass is 16.2. The zero-order valence-corrected chi connectivity index (χ0v) is 29.3. The van der Waals surface area contributed by atoms with E-state index in [0.29, 0.717) is 17.6 Å². The van der Waals surface area contributed by atoms with Crippen molar-refractivity contribution in [2.24, 2.45) is 5.41 Å². The molecule has 6 aromatic rings. The van der Waals surface area contributed by atoms with Gasteiger partial charge in [-0.3, -0.25) is 14.3 Å². The molecule has 1 fully saturated rings. The van der Waals surface area contributed by atoms with Crippen LogP contribution in [-0.4, -0.2) is 75.5 Å². The summed E-state index contributed by atoms with van der Waals surface area (Å²) in [4.78, 5) is 43.8. The van der Waals surface area contributed by atoms with Crippen molar-refractivity contribution in [2.75, 3.05) is 40.3 Å². The average molecular weight is 668 g/mol. The minimum Gasteiger partial charge on any atom is -0.351 e. The minimum atomic E-state index is -0.115. The number of carbonyl (C=O) groups is 1. The van der Waals surface area contributed by atoms with Crippen LogP contribution in [0, 0.1) is 5.41 Å². The third-order valence-electron chi connectivity index (χ3n) is 9.63. The first-order chi connectivity index (χ1) is 24.1. The van der Waals surface area contributed by atoms with Gasteiger partial charge in [0, 0.05) is 55.5 Å². The lowest BCUT2D eigenvalue weighted by atomic mass is 9.93. The molecule has 0 unspecified atom stereocenters. The molecular formula is C41H45N7O2. The van der Waals surface area contributed by atoms with Gasteiger partial charge in [0.25, 0.3) is 5.91 Å². The van der Waals surface area contributed by atoms with Gasteiger partial charge in [0.2, 0.25) is 0 Å². The van der Waals surface area contributed by atoms with E-state index in [-0.39, 0.29) is 23.1 Å². The Morgan fingerprint density at radius 2 is 1.52 bits per heavy atom. The van der Waals surface area contributed by atoms with Gasteiger partial charge in [0.15, 0.2) is 0 Å². The molecule has 0 aliphatic carbocycles. The van der Waals surface area contributed by atoms with E-state index in [1.807, 2.05) is 79.3 Å². The summed E-state index contributed by atoms with van der Waals surface area (Å²) in [6, 6.07) is 32.4. The molecule has 1 amide bonds. The second-order valence-corrected chi connectivity index (χ2v) is 14.6. The predicted molar refractivity (Wildman–Crippen MR) is 201 cm³/mol. The van der Waals surface area contributed by atoms with Gasteiger partial charge in [-0.25, -0.2) is 14.8 Å². The van der Waals surface area contributed by atoms with E-state index in [4.69, 9.17) is 9.97 Å². The number of rotatable bonds is 10. The molecule has 3 heterocycles. The third kappa shape index (κ3) is 7.25. The molecule has 256 valence electrons. The third-order valence-corrected chi connectivity index (χ3v) is 9.63. The molecule has 9 heteroatoms. The van der Waals surface area contributed by atoms with Gasteiger partial charge >= 0.3 is 5.69 Å². The van der Waals surface area contributed by atoms with Crippen molar-refractivity contribution in [3.8, 4) is 22.5 Å². The summed E-state index contributed by atoms with van der Waals surface area (Å²) >= 11 is 0. The number of H-pyrrole nitrogens is 1. The Morgan fingerprint density at radius 1 is 0.860 bits per heavy atom. The Balaban J connectivity index is 1.09. The molecular weight excluding hydrogens is 622 g/mol. The quantitative estimate of drug-likeness (QED) is 0.168. The highest BCUT2D eigenvalue weighted by Gasteiger charge is 2.24. The molecule has 0 atom stereocenters. The lowest BCUT2D eigenvalue weighted by Gasteiger charge is -2.32. The van der Waals surface area contributed by atoms with Crippen molar-refractivity contribution in [2.45, 2.75) is 39.3 Å². The van der Waals surface area contributed by atoms with E-state index in [1.165, 1.54) is 5.56 Å². The molecule has 4 aromatic carbocycles. The Morgan fingerprint density at radius 3 is 2.24 bits per heavy atom. The standard InChI is InChI=1S/C41H45N7O2/c1-41(2,27-46(3)4)26-42-39(49)31-18-19-33-35(24-31)44-38(37(43-33)29-10-6-5-7-11-29)30-16-14-28(15-17-30)25-47-22-20-32(21-23-47)48-36-13-9-8-12-34(36)45-40(48)50/h5-19,24,32H,20-23,25-27H2,1-4H3,(H,42,49)(H,45,50). The Bertz CT molecular complexity index is 2180. The Labute approximate surface area is 293 Å². The van der Waals surface area contributed by atoms with E-state index >= 15 is 0 Å². The summed E-state index contributed by atoms with van der Waals surface area (Å²) in [5, 5.41) is 3.12. The maximum absolute atomic E-state index is 13.2. The summed E-state index contributed by atoms with van der Waals surface area (Å²) < 4.78 is 1.94. The van der Waals surface area contributed by atoms with Crippen LogP contribution < -0.4 is 11.0 Å². The Kier molecular flexibility index (Phi) is 9.35. The maximum atomic E-state index is 13.2. The highest BCUT2D eigenvalue weighted by Crippen LogP contribution is 2.32. The van der Waals surface area contributed by atoms with E-state index in [2.05, 4.69) is 70.3 Å². The second-order valence-electron chi connectivity index (χ2n) is 14.6. The fraction of sp³-hybridized carbons (Fsp3) is 0.317. The van der Waals surface area contributed by atoms with Gasteiger partial charge < -0.3 is 15.2 Å². The van der Waals surface area contributed by atoms with E-state index < -0.39 is 0 Å². The normalized spacial score (nSPS) is 14.5. The number of hydrogen-bond acceptors (Lipinski definition) is 6. The van der Waals surface area contributed by atoms with Crippen molar-refractivity contribution in [1.29, 1.82) is 0 Å². The van der Waals surface area contributed by atoms with Gasteiger partial charge in [-0.2, -0.15) is 0 Å². The van der Waals surface area contributed by atoms with Crippen molar-refractivity contribution in [3.63, 3.8) is 0 Å². The number of imidazole rings is 1. The number of nitrogens with zero attached hydrogens (tertiary/aromatic N) is 5. The van der Waals surface area contributed by atoms with Crippen LogP contribution >= 0.6 is 0 Å². The molecule has 2 aromatic heterocycles. The van der Waals surface area contributed by atoms with Crippen molar-refractivity contribution < 1.29 is 4.79 Å². The van der Waals surface area contributed by atoms with Crippen molar-refractivity contribution in [1.82, 2.24) is 34.6 Å². The first-order valence-electron chi connectivity index (χ1n) is 17.4. The van der Waals surface area contributed by atoms with E-state index in [0.717, 1.165) is 78.1 Å². The smallest absolute Gasteiger partial charge is 0.326 e. The van der Waals surface area contributed by atoms with Gasteiger partial charge in [-0.15, -0.1) is 0 Å². The molecule has 0 spiro atoms. The molecule has 1 aliphatic heterocycles. The lowest BCUT2D eigenvalue weighted by molar-refractivity contribution is 0.0929. The molecule has 50 heavy (non-hydrogen) atoms. The van der Waals surface area contributed by atoms with E-state index in [1.54, 1.807) is 0 Å². The molecule has 7 rings (SSSR count). The number of benzene rings is 4. The number of hydrogen-bond donors (Lipinski definition) is 2. The largest absolute Gasteiger partial charge is 0.351 e. The zero-order chi connectivity index (χ0) is 34.8. The number of nitrogens with one attached hydrogen (secondary N) is 2. The molecule has 0 radical (unpaired) electrons.